The highest BCUT2D eigenvalue weighted by molar-refractivity contribution is 5.96. The van der Waals surface area contributed by atoms with Gasteiger partial charge in [-0.15, -0.1) is 0 Å². The minimum Gasteiger partial charge on any atom is -0.497 e. The lowest BCUT2D eigenvalue weighted by Gasteiger charge is -2.29. The van der Waals surface area contributed by atoms with Gasteiger partial charge in [0.1, 0.15) is 17.8 Å². The lowest BCUT2D eigenvalue weighted by Crippen LogP contribution is -2.58. The fourth-order valence-electron chi connectivity index (χ4n) is 3.74. The van der Waals surface area contributed by atoms with E-state index in [1.807, 2.05) is 0 Å². The van der Waals surface area contributed by atoms with Crippen molar-refractivity contribution in [2.45, 2.75) is 52.2 Å². The van der Waals surface area contributed by atoms with E-state index in [1.54, 1.807) is 52.0 Å². The molecule has 3 atom stereocenters. The van der Waals surface area contributed by atoms with E-state index >= 15 is 0 Å². The molecular weight excluding hydrogens is 440 g/mol. The van der Waals surface area contributed by atoms with Gasteiger partial charge in [0.15, 0.2) is 0 Å². The van der Waals surface area contributed by atoms with E-state index in [-0.39, 0.29) is 18.4 Å². The van der Waals surface area contributed by atoms with Crippen LogP contribution in [0.5, 0.6) is 5.75 Å². The van der Waals surface area contributed by atoms with E-state index in [1.165, 1.54) is 25.2 Å². The van der Waals surface area contributed by atoms with Crippen LogP contribution in [-0.2, 0) is 19.1 Å². The number of amides is 4. The smallest absolute Gasteiger partial charge is 0.328 e. The number of nitrogens with one attached hydrogen (secondary N) is 3. The summed E-state index contributed by atoms with van der Waals surface area (Å²) in [6.07, 6.45) is 1.82. The second kappa shape index (κ2) is 12.1. The van der Waals surface area contributed by atoms with E-state index in [4.69, 9.17) is 9.47 Å². The third-order valence-electron chi connectivity index (χ3n) is 5.43. The summed E-state index contributed by atoms with van der Waals surface area (Å²) in [5.74, 6) is -1.11. The zero-order chi connectivity index (χ0) is 25.4. The molecule has 1 aliphatic heterocycles. The number of nitrogens with zero attached hydrogens (tertiary/aromatic N) is 1. The Kier molecular flexibility index (Phi) is 9.47. The minimum absolute atomic E-state index is 0.234. The largest absolute Gasteiger partial charge is 0.497 e. The monoisotopic (exact) mass is 474 g/mol. The Balaban J connectivity index is 2.23. The van der Waals surface area contributed by atoms with Crippen molar-refractivity contribution >= 4 is 29.5 Å². The van der Waals surface area contributed by atoms with Gasteiger partial charge in [-0.3, -0.25) is 9.59 Å². The predicted molar refractivity (Wildman–Crippen MR) is 127 cm³/mol. The van der Waals surface area contributed by atoms with Gasteiger partial charge in [-0.25, -0.2) is 9.59 Å². The Morgan fingerprint density at radius 3 is 2.44 bits per heavy atom. The number of carbonyl (C=O) groups is 4. The van der Waals surface area contributed by atoms with Crippen LogP contribution in [-0.4, -0.2) is 67.6 Å². The van der Waals surface area contributed by atoms with E-state index in [0.717, 1.165) is 5.57 Å². The summed E-state index contributed by atoms with van der Waals surface area (Å²) in [5.41, 5.74) is 1.30. The van der Waals surface area contributed by atoms with Gasteiger partial charge in [0.25, 0.3) is 0 Å². The zero-order valence-electron chi connectivity index (χ0n) is 20.5. The minimum atomic E-state index is -0.995. The molecule has 0 bridgehead atoms. The number of esters is 1. The molecule has 4 amide bonds. The first-order valence-electron chi connectivity index (χ1n) is 11.1. The zero-order valence-corrected chi connectivity index (χ0v) is 20.5. The van der Waals surface area contributed by atoms with E-state index in [2.05, 4.69) is 16.0 Å². The number of anilines is 1. The molecule has 0 unspecified atom stereocenters. The summed E-state index contributed by atoms with van der Waals surface area (Å²) in [6.45, 7) is 7.40. The van der Waals surface area contributed by atoms with Crippen molar-refractivity contribution in [1.29, 1.82) is 0 Å². The first-order chi connectivity index (χ1) is 16.1. The molecule has 1 fully saturated rings. The number of methoxy groups -OCH3 is 2. The average molecular weight is 475 g/mol. The van der Waals surface area contributed by atoms with Gasteiger partial charge in [0.05, 0.1) is 20.3 Å². The van der Waals surface area contributed by atoms with Gasteiger partial charge in [0, 0.05) is 24.4 Å². The topological polar surface area (TPSA) is 126 Å². The number of urea groups is 1. The SMILES string of the molecule is COC(=O)[C@H](NC(=O)[C@H]1[C@@H](NC(=O)Nc2cccc(OC)c2)CCN1C(=O)C=C(C)C)C(C)C. The van der Waals surface area contributed by atoms with E-state index in [9.17, 15) is 19.2 Å². The summed E-state index contributed by atoms with van der Waals surface area (Å²) in [4.78, 5) is 52.4. The third-order valence-corrected chi connectivity index (χ3v) is 5.43. The number of carbonyl (C=O) groups excluding carboxylic acids is 4. The number of benzene rings is 1. The molecular formula is C24H34N4O6. The van der Waals surface area contributed by atoms with Crippen LogP contribution in [0, 0.1) is 5.92 Å². The van der Waals surface area contributed by atoms with Crippen molar-refractivity contribution < 1.29 is 28.7 Å². The van der Waals surface area contributed by atoms with Gasteiger partial charge in [-0.1, -0.05) is 25.5 Å². The van der Waals surface area contributed by atoms with Crippen LogP contribution in [0.15, 0.2) is 35.9 Å². The summed E-state index contributed by atoms with van der Waals surface area (Å²) < 4.78 is 9.97. The van der Waals surface area contributed by atoms with Gasteiger partial charge < -0.3 is 30.3 Å². The first kappa shape index (κ1) is 26.7. The van der Waals surface area contributed by atoms with Crippen LogP contribution in [0.4, 0.5) is 10.5 Å². The molecule has 10 heteroatoms. The molecule has 1 aromatic carbocycles. The van der Waals surface area contributed by atoms with Crippen molar-refractivity contribution in [3.63, 3.8) is 0 Å². The maximum absolute atomic E-state index is 13.3. The number of hydrogen-bond donors (Lipinski definition) is 3. The summed E-state index contributed by atoms with van der Waals surface area (Å²) >= 11 is 0. The van der Waals surface area contributed by atoms with Crippen molar-refractivity contribution in [3.05, 3.63) is 35.9 Å². The molecule has 0 aromatic heterocycles. The number of rotatable bonds is 8. The highest BCUT2D eigenvalue weighted by Gasteiger charge is 2.43. The van der Waals surface area contributed by atoms with Gasteiger partial charge in [-0.2, -0.15) is 0 Å². The fraction of sp³-hybridized carbons (Fsp3) is 0.500. The number of hydrogen-bond acceptors (Lipinski definition) is 6. The summed E-state index contributed by atoms with van der Waals surface area (Å²) in [7, 11) is 2.77. The van der Waals surface area contributed by atoms with Gasteiger partial charge in [0.2, 0.25) is 11.8 Å². The van der Waals surface area contributed by atoms with Crippen LogP contribution in [0.25, 0.3) is 0 Å². The van der Waals surface area contributed by atoms with Crippen molar-refractivity contribution in [3.8, 4) is 5.75 Å². The van der Waals surface area contributed by atoms with E-state index < -0.39 is 36.0 Å². The highest BCUT2D eigenvalue weighted by atomic mass is 16.5. The van der Waals surface area contributed by atoms with Crippen molar-refractivity contribution in [2.24, 2.45) is 5.92 Å². The molecule has 34 heavy (non-hydrogen) atoms. The molecule has 1 heterocycles. The van der Waals surface area contributed by atoms with Crippen LogP contribution in [0.3, 0.4) is 0 Å². The lowest BCUT2D eigenvalue weighted by atomic mass is 10.0. The molecule has 10 nitrogen and oxygen atoms in total. The lowest BCUT2D eigenvalue weighted by molar-refractivity contribution is -0.147. The second-order valence-electron chi connectivity index (χ2n) is 8.68. The summed E-state index contributed by atoms with van der Waals surface area (Å²) in [5, 5.41) is 8.21. The average Bonchev–Trinajstić information content (AvgIpc) is 3.19. The maximum Gasteiger partial charge on any atom is 0.328 e. The molecule has 0 saturated carbocycles. The fourth-order valence-corrected chi connectivity index (χ4v) is 3.74. The molecule has 2 rings (SSSR count). The van der Waals surface area contributed by atoms with Crippen LogP contribution < -0.4 is 20.7 Å². The third kappa shape index (κ3) is 6.97. The maximum atomic E-state index is 13.3. The quantitative estimate of drug-likeness (QED) is 0.391. The standard InChI is InChI=1S/C24H34N4O6/c1-14(2)12-19(29)28-11-10-18(21(28)22(30)27-20(15(3)4)23(31)34-6)26-24(32)25-16-8-7-9-17(13-16)33-5/h7-9,12-13,15,18,20-21H,10-11H2,1-6H3,(H,27,30)(H2,25,26,32)/t18-,20+,21+/m0/s1. The highest BCUT2D eigenvalue weighted by Crippen LogP contribution is 2.21. The second-order valence-corrected chi connectivity index (χ2v) is 8.68. The summed E-state index contributed by atoms with van der Waals surface area (Å²) in [6, 6.07) is 3.78. The van der Waals surface area contributed by atoms with Crippen LogP contribution >= 0.6 is 0 Å². The predicted octanol–water partition coefficient (Wildman–Crippen LogP) is 2.07. The Labute approximate surface area is 200 Å². The number of likely N-dealkylation sites (tertiary alicyclic amines) is 1. The molecule has 186 valence electrons. The van der Waals surface area contributed by atoms with Gasteiger partial charge >= 0.3 is 12.0 Å². The Morgan fingerprint density at radius 2 is 1.85 bits per heavy atom. The Morgan fingerprint density at radius 1 is 1.15 bits per heavy atom. The van der Waals surface area contributed by atoms with Crippen molar-refractivity contribution in [1.82, 2.24) is 15.5 Å². The number of ether oxygens (including phenoxy) is 2. The Hall–Kier alpha value is -3.56. The molecule has 0 spiro atoms. The first-order valence-corrected chi connectivity index (χ1v) is 11.1. The molecule has 1 saturated heterocycles. The molecule has 1 aromatic rings. The Bertz CT molecular complexity index is 941. The van der Waals surface area contributed by atoms with E-state index in [0.29, 0.717) is 17.9 Å². The molecule has 0 aliphatic carbocycles. The normalized spacial score (nSPS) is 18.0. The molecule has 0 radical (unpaired) electrons. The number of allylic oxidation sites excluding steroid dienone is 1. The van der Waals surface area contributed by atoms with Crippen LogP contribution in [0.2, 0.25) is 0 Å². The van der Waals surface area contributed by atoms with Crippen molar-refractivity contribution in [2.75, 3.05) is 26.1 Å². The molecule has 3 N–H and O–H groups in total. The van der Waals surface area contributed by atoms with Crippen LogP contribution in [0.1, 0.15) is 34.1 Å². The molecule has 1 aliphatic rings. The van der Waals surface area contributed by atoms with Gasteiger partial charge in [-0.05, 0) is 38.3 Å².